The summed E-state index contributed by atoms with van der Waals surface area (Å²) in [6.07, 6.45) is 1.40. The number of fused-ring (bicyclic) bond motifs is 1. The van der Waals surface area contributed by atoms with Crippen LogP contribution in [0.4, 0.5) is 0 Å². The summed E-state index contributed by atoms with van der Waals surface area (Å²) >= 11 is 0. The number of imidazole rings is 1. The summed E-state index contributed by atoms with van der Waals surface area (Å²) in [5.74, 6) is 0.451. The molecule has 0 bridgehead atoms. The van der Waals surface area contributed by atoms with E-state index in [1.54, 1.807) is 6.07 Å². The molecule has 1 N–H and O–H groups in total. The average molecular weight is 148 g/mol. The smallest absolute Gasteiger partial charge is 0.264 e. The molecule has 0 saturated heterocycles. The number of aromatic nitrogens is 4. The molecule has 0 atom stereocenters. The second-order valence-corrected chi connectivity index (χ2v) is 2.00. The standard InChI is InChI=1S/C6H4N4O/c11-5-2-1-4-6(10-9-5)8-3-7-4/h1-3H,(H,9,11). The van der Waals surface area contributed by atoms with Crippen molar-refractivity contribution in [1.29, 1.82) is 0 Å². The normalized spacial score (nSPS) is 10.2. The van der Waals surface area contributed by atoms with Crippen LogP contribution in [0.2, 0.25) is 0 Å². The van der Waals surface area contributed by atoms with Crippen LogP contribution >= 0.6 is 0 Å². The van der Waals surface area contributed by atoms with E-state index in [1.807, 2.05) is 0 Å². The maximum atomic E-state index is 10.7. The van der Waals surface area contributed by atoms with Crippen LogP contribution in [0.25, 0.3) is 11.5 Å². The summed E-state index contributed by atoms with van der Waals surface area (Å²) < 4.78 is 0. The van der Waals surface area contributed by atoms with Gasteiger partial charge >= 0.3 is 0 Å². The van der Waals surface area contributed by atoms with Crippen molar-refractivity contribution in [1.82, 2.24) is 20.2 Å². The molecular formula is C6H4N4O. The van der Waals surface area contributed by atoms with E-state index in [0.717, 1.165) is 0 Å². The molecule has 0 amide bonds. The van der Waals surface area contributed by atoms with E-state index in [1.165, 1.54) is 12.4 Å². The van der Waals surface area contributed by atoms with Gasteiger partial charge in [0.25, 0.3) is 5.56 Å². The van der Waals surface area contributed by atoms with Crippen LogP contribution in [0.3, 0.4) is 0 Å². The van der Waals surface area contributed by atoms with Gasteiger partial charge < -0.3 is 0 Å². The molecule has 0 aromatic heterocycles. The fourth-order valence-corrected chi connectivity index (χ4v) is 0.773. The fraction of sp³-hybridized carbons (Fsp3) is 0. The van der Waals surface area contributed by atoms with E-state index in [2.05, 4.69) is 20.2 Å². The van der Waals surface area contributed by atoms with Crippen LogP contribution < -0.4 is 5.56 Å². The Hall–Kier alpha value is -1.78. The van der Waals surface area contributed by atoms with Gasteiger partial charge in [0.1, 0.15) is 12.0 Å². The highest BCUT2D eigenvalue weighted by Gasteiger charge is 2.02. The molecule has 0 unspecified atom stereocenters. The van der Waals surface area contributed by atoms with Gasteiger partial charge in [0.2, 0.25) is 0 Å². The lowest BCUT2D eigenvalue weighted by Gasteiger charge is -1.79. The minimum Gasteiger partial charge on any atom is -0.268 e. The molecule has 2 heterocycles. The Labute approximate surface area is 61.5 Å². The molecule has 0 aliphatic carbocycles. The van der Waals surface area contributed by atoms with Crippen molar-refractivity contribution in [2.45, 2.75) is 0 Å². The quantitative estimate of drug-likeness (QED) is 0.555. The average Bonchev–Trinajstić information content (AvgIpc) is 2.38. The molecule has 2 aliphatic heterocycles. The summed E-state index contributed by atoms with van der Waals surface area (Å²) in [6.45, 7) is 0. The van der Waals surface area contributed by atoms with E-state index in [0.29, 0.717) is 11.5 Å². The van der Waals surface area contributed by atoms with E-state index < -0.39 is 0 Å². The van der Waals surface area contributed by atoms with Crippen molar-refractivity contribution < 1.29 is 0 Å². The number of nitrogens with zero attached hydrogens (tertiary/aromatic N) is 3. The lowest BCUT2D eigenvalue weighted by atomic mass is 10.4. The first-order valence-corrected chi connectivity index (χ1v) is 3.03. The highest BCUT2D eigenvalue weighted by atomic mass is 16.1. The van der Waals surface area contributed by atoms with Crippen LogP contribution in [-0.2, 0) is 0 Å². The van der Waals surface area contributed by atoms with Gasteiger partial charge in [-0.1, -0.05) is 0 Å². The number of rotatable bonds is 0. The van der Waals surface area contributed by atoms with Crippen molar-refractivity contribution in [2.24, 2.45) is 0 Å². The third-order valence-electron chi connectivity index (χ3n) is 1.27. The largest absolute Gasteiger partial charge is 0.268 e. The molecule has 0 fully saturated rings. The molecule has 0 saturated carbocycles. The van der Waals surface area contributed by atoms with Gasteiger partial charge in [-0.05, 0) is 6.07 Å². The molecule has 0 spiro atoms. The summed E-state index contributed by atoms with van der Waals surface area (Å²) in [6, 6.07) is 2.94. The summed E-state index contributed by atoms with van der Waals surface area (Å²) in [7, 11) is 0. The van der Waals surface area contributed by atoms with Crippen LogP contribution in [0, 0.1) is 0 Å². The highest BCUT2D eigenvalue weighted by molar-refractivity contribution is 5.47. The third-order valence-corrected chi connectivity index (χ3v) is 1.27. The van der Waals surface area contributed by atoms with Crippen LogP contribution in [0.5, 0.6) is 0 Å². The Balaban J connectivity index is 2.81. The van der Waals surface area contributed by atoms with Crippen LogP contribution in [-0.4, -0.2) is 20.2 Å². The van der Waals surface area contributed by atoms with Crippen molar-refractivity contribution in [2.75, 3.05) is 0 Å². The SMILES string of the molecule is O=c1ccc2ncnc-2n[nH]1. The Morgan fingerprint density at radius 1 is 1.27 bits per heavy atom. The maximum absolute atomic E-state index is 10.7. The van der Waals surface area contributed by atoms with Gasteiger partial charge in [-0.3, -0.25) is 4.79 Å². The van der Waals surface area contributed by atoms with E-state index >= 15 is 0 Å². The second-order valence-electron chi connectivity index (χ2n) is 2.00. The highest BCUT2D eigenvalue weighted by Crippen LogP contribution is 2.07. The minimum atomic E-state index is -0.259. The Morgan fingerprint density at radius 2 is 2.18 bits per heavy atom. The Morgan fingerprint density at radius 3 is 3.09 bits per heavy atom. The molecule has 0 aromatic carbocycles. The van der Waals surface area contributed by atoms with E-state index in [9.17, 15) is 4.79 Å². The first-order chi connectivity index (χ1) is 5.36. The Bertz CT molecular complexity index is 362. The monoisotopic (exact) mass is 148 g/mol. The van der Waals surface area contributed by atoms with Gasteiger partial charge in [0.15, 0.2) is 5.82 Å². The lowest BCUT2D eigenvalue weighted by molar-refractivity contribution is 0.999. The van der Waals surface area contributed by atoms with Gasteiger partial charge in [-0.25, -0.2) is 15.1 Å². The van der Waals surface area contributed by atoms with E-state index in [4.69, 9.17) is 0 Å². The van der Waals surface area contributed by atoms with Gasteiger partial charge in [0, 0.05) is 6.07 Å². The summed E-state index contributed by atoms with van der Waals surface area (Å²) in [5, 5.41) is 5.98. The Kier molecular flexibility index (Phi) is 1.15. The predicted molar refractivity (Wildman–Crippen MR) is 37.1 cm³/mol. The van der Waals surface area contributed by atoms with Crippen LogP contribution in [0.15, 0.2) is 23.3 Å². The molecule has 5 heteroatoms. The first kappa shape index (κ1) is 5.96. The number of hydrogen-bond acceptors (Lipinski definition) is 4. The van der Waals surface area contributed by atoms with Crippen molar-refractivity contribution in [3.8, 4) is 11.5 Å². The topological polar surface area (TPSA) is 71.5 Å². The van der Waals surface area contributed by atoms with Gasteiger partial charge in [0.05, 0.1) is 0 Å². The molecule has 5 nitrogen and oxygen atoms in total. The number of H-pyrrole nitrogens is 1. The molecule has 2 rings (SSSR count). The zero-order chi connectivity index (χ0) is 7.68. The molecule has 11 heavy (non-hydrogen) atoms. The zero-order valence-corrected chi connectivity index (χ0v) is 5.48. The minimum absolute atomic E-state index is 0.259. The first-order valence-electron chi connectivity index (χ1n) is 3.03. The summed E-state index contributed by atoms with van der Waals surface area (Å²) in [4.78, 5) is 18.4. The molecule has 54 valence electrons. The zero-order valence-electron chi connectivity index (χ0n) is 5.48. The maximum Gasteiger partial charge on any atom is 0.264 e. The second kappa shape index (κ2) is 2.12. The van der Waals surface area contributed by atoms with Crippen molar-refractivity contribution in [3.05, 3.63) is 28.8 Å². The number of hydrogen-bond donors (Lipinski definition) is 1. The predicted octanol–water partition coefficient (Wildman–Crippen LogP) is -0.335. The fourth-order valence-electron chi connectivity index (χ4n) is 0.773. The molecule has 0 aromatic rings. The van der Waals surface area contributed by atoms with E-state index in [-0.39, 0.29) is 5.56 Å². The molecule has 0 radical (unpaired) electrons. The van der Waals surface area contributed by atoms with Crippen LogP contribution in [0.1, 0.15) is 0 Å². The number of nitrogens with one attached hydrogen (secondary N) is 1. The van der Waals surface area contributed by atoms with Gasteiger partial charge in [-0.2, -0.15) is 5.10 Å². The molecular weight excluding hydrogens is 144 g/mol. The third kappa shape index (κ3) is 0.958. The summed E-state index contributed by atoms with van der Waals surface area (Å²) in [5.41, 5.74) is 0.355. The molecule has 2 aliphatic rings. The van der Waals surface area contributed by atoms with Crippen molar-refractivity contribution >= 4 is 0 Å². The number of aromatic amines is 1. The lowest BCUT2D eigenvalue weighted by Crippen LogP contribution is -1.99. The van der Waals surface area contributed by atoms with Gasteiger partial charge in [-0.15, -0.1) is 0 Å². The van der Waals surface area contributed by atoms with Crippen molar-refractivity contribution in [3.63, 3.8) is 0 Å².